The van der Waals surface area contributed by atoms with E-state index in [4.69, 9.17) is 9.47 Å². The monoisotopic (exact) mass is 369 g/mol. The Morgan fingerprint density at radius 1 is 1.11 bits per heavy atom. The zero-order valence-electron chi connectivity index (χ0n) is 15.3. The standard InChI is InChI=1S/C21H23NO5/c1-25-21(24)9-5-8-20(23)22-14-18-13-15-12-17(10-11-19(15)27-18)26-16-6-3-2-4-7-16/h2-4,6-7,10-12,18H,5,8-9,13-14H2,1H3,(H,22,23). The van der Waals surface area contributed by atoms with Crippen LogP contribution in [0.25, 0.3) is 0 Å². The Morgan fingerprint density at radius 3 is 2.70 bits per heavy atom. The lowest BCUT2D eigenvalue weighted by atomic mass is 10.1. The predicted octanol–water partition coefficient (Wildman–Crippen LogP) is 3.24. The minimum absolute atomic E-state index is 0.0911. The molecule has 1 unspecified atom stereocenters. The summed E-state index contributed by atoms with van der Waals surface area (Å²) in [7, 11) is 1.34. The number of nitrogens with one attached hydrogen (secondary N) is 1. The van der Waals surface area contributed by atoms with Crippen LogP contribution in [0, 0.1) is 0 Å². The molecule has 0 fully saturated rings. The van der Waals surface area contributed by atoms with Crippen LogP contribution in [-0.4, -0.2) is 31.6 Å². The lowest BCUT2D eigenvalue weighted by Crippen LogP contribution is -2.34. The SMILES string of the molecule is COC(=O)CCCC(=O)NCC1Cc2cc(Oc3ccccc3)ccc2O1. The Morgan fingerprint density at radius 2 is 1.93 bits per heavy atom. The number of hydrogen-bond donors (Lipinski definition) is 1. The number of methoxy groups -OCH3 is 1. The highest BCUT2D eigenvalue weighted by Gasteiger charge is 2.23. The van der Waals surface area contributed by atoms with Gasteiger partial charge < -0.3 is 19.5 Å². The molecule has 1 heterocycles. The van der Waals surface area contributed by atoms with E-state index >= 15 is 0 Å². The van der Waals surface area contributed by atoms with Gasteiger partial charge in [-0.1, -0.05) is 18.2 Å². The molecule has 1 N–H and O–H groups in total. The Labute approximate surface area is 158 Å². The fraction of sp³-hybridized carbons (Fsp3) is 0.333. The van der Waals surface area contributed by atoms with Gasteiger partial charge in [-0.15, -0.1) is 0 Å². The molecule has 142 valence electrons. The summed E-state index contributed by atoms with van der Waals surface area (Å²) in [6.07, 6.45) is 1.63. The zero-order chi connectivity index (χ0) is 19.1. The Kier molecular flexibility index (Phi) is 6.30. The van der Waals surface area contributed by atoms with Crippen LogP contribution < -0.4 is 14.8 Å². The molecule has 0 spiro atoms. The lowest BCUT2D eigenvalue weighted by Gasteiger charge is -2.11. The number of carbonyl (C=O) groups is 2. The van der Waals surface area contributed by atoms with Crippen LogP contribution in [-0.2, 0) is 20.7 Å². The van der Waals surface area contributed by atoms with Crippen molar-refractivity contribution in [1.82, 2.24) is 5.32 Å². The number of hydrogen-bond acceptors (Lipinski definition) is 5. The van der Waals surface area contributed by atoms with Crippen LogP contribution in [0.1, 0.15) is 24.8 Å². The Bertz CT molecular complexity index is 790. The molecule has 1 aliphatic rings. The van der Waals surface area contributed by atoms with E-state index in [-0.39, 0.29) is 24.4 Å². The van der Waals surface area contributed by atoms with E-state index in [1.807, 2.05) is 48.5 Å². The maximum Gasteiger partial charge on any atom is 0.305 e. The van der Waals surface area contributed by atoms with Crippen molar-refractivity contribution in [2.75, 3.05) is 13.7 Å². The number of fused-ring (bicyclic) bond motifs is 1. The maximum atomic E-state index is 11.9. The molecule has 1 amide bonds. The number of rotatable bonds is 8. The van der Waals surface area contributed by atoms with Gasteiger partial charge in [-0.25, -0.2) is 0 Å². The van der Waals surface area contributed by atoms with E-state index in [2.05, 4.69) is 10.1 Å². The largest absolute Gasteiger partial charge is 0.488 e. The fourth-order valence-corrected chi connectivity index (χ4v) is 2.91. The molecule has 6 nitrogen and oxygen atoms in total. The van der Waals surface area contributed by atoms with Gasteiger partial charge in [-0.3, -0.25) is 9.59 Å². The van der Waals surface area contributed by atoms with Gasteiger partial charge in [0.15, 0.2) is 0 Å². The zero-order valence-corrected chi connectivity index (χ0v) is 15.3. The summed E-state index contributed by atoms with van der Waals surface area (Å²) in [5.41, 5.74) is 1.06. The molecule has 0 aromatic heterocycles. The van der Waals surface area contributed by atoms with Gasteiger partial charge in [0.2, 0.25) is 5.91 Å². The third-order valence-electron chi connectivity index (χ3n) is 4.29. The molecule has 0 aliphatic carbocycles. The van der Waals surface area contributed by atoms with Crippen molar-refractivity contribution in [2.45, 2.75) is 31.8 Å². The fourth-order valence-electron chi connectivity index (χ4n) is 2.91. The average Bonchev–Trinajstić information content (AvgIpc) is 3.09. The Balaban J connectivity index is 1.45. The van der Waals surface area contributed by atoms with Crippen molar-refractivity contribution in [3.63, 3.8) is 0 Å². The summed E-state index contributed by atoms with van der Waals surface area (Å²) in [5, 5.41) is 2.86. The van der Waals surface area contributed by atoms with Crippen molar-refractivity contribution < 1.29 is 23.8 Å². The minimum atomic E-state index is -0.300. The van der Waals surface area contributed by atoms with Gasteiger partial charge in [-0.05, 0) is 36.8 Å². The molecule has 27 heavy (non-hydrogen) atoms. The van der Waals surface area contributed by atoms with E-state index in [1.54, 1.807) is 0 Å². The summed E-state index contributed by atoms with van der Waals surface area (Å²) >= 11 is 0. The van der Waals surface area contributed by atoms with Crippen LogP contribution in [0.5, 0.6) is 17.2 Å². The second kappa shape index (κ2) is 9.07. The topological polar surface area (TPSA) is 73.9 Å². The molecule has 3 rings (SSSR count). The highest BCUT2D eigenvalue weighted by Crippen LogP contribution is 2.33. The van der Waals surface area contributed by atoms with Gasteiger partial charge in [0.05, 0.1) is 13.7 Å². The average molecular weight is 369 g/mol. The minimum Gasteiger partial charge on any atom is -0.488 e. The number of amides is 1. The molecule has 2 aromatic rings. The molecule has 0 saturated carbocycles. The van der Waals surface area contributed by atoms with Crippen molar-refractivity contribution in [1.29, 1.82) is 0 Å². The molecule has 1 atom stereocenters. The van der Waals surface area contributed by atoms with E-state index in [0.29, 0.717) is 25.8 Å². The third-order valence-corrected chi connectivity index (χ3v) is 4.29. The van der Waals surface area contributed by atoms with Gasteiger partial charge in [0.25, 0.3) is 0 Å². The first kappa shape index (κ1) is 18.8. The molecule has 0 radical (unpaired) electrons. The molecule has 6 heteroatoms. The van der Waals surface area contributed by atoms with Crippen LogP contribution in [0.2, 0.25) is 0 Å². The summed E-state index contributed by atoms with van der Waals surface area (Å²) in [4.78, 5) is 22.9. The highest BCUT2D eigenvalue weighted by molar-refractivity contribution is 5.77. The van der Waals surface area contributed by atoms with Crippen molar-refractivity contribution in [2.24, 2.45) is 0 Å². The number of benzene rings is 2. The number of esters is 1. The van der Waals surface area contributed by atoms with E-state index in [9.17, 15) is 9.59 Å². The summed E-state index contributed by atoms with van der Waals surface area (Å²) in [6, 6.07) is 15.3. The number of ether oxygens (including phenoxy) is 3. The van der Waals surface area contributed by atoms with Gasteiger partial charge in [-0.2, -0.15) is 0 Å². The Hall–Kier alpha value is -3.02. The van der Waals surface area contributed by atoms with Crippen molar-refractivity contribution in [3.05, 3.63) is 54.1 Å². The first-order valence-electron chi connectivity index (χ1n) is 9.00. The molecule has 2 aromatic carbocycles. The molecule has 0 saturated heterocycles. The normalized spacial score (nSPS) is 14.8. The van der Waals surface area contributed by atoms with Crippen molar-refractivity contribution in [3.8, 4) is 17.2 Å². The molecule has 1 aliphatic heterocycles. The molecular formula is C21H23NO5. The van der Waals surface area contributed by atoms with Crippen LogP contribution in [0.4, 0.5) is 0 Å². The van der Waals surface area contributed by atoms with Crippen LogP contribution >= 0.6 is 0 Å². The van der Waals surface area contributed by atoms with Crippen LogP contribution in [0.3, 0.4) is 0 Å². The summed E-state index contributed by atoms with van der Waals surface area (Å²) in [6.45, 7) is 0.431. The highest BCUT2D eigenvalue weighted by atomic mass is 16.5. The van der Waals surface area contributed by atoms with E-state index in [0.717, 1.165) is 22.8 Å². The quantitative estimate of drug-likeness (QED) is 0.723. The van der Waals surface area contributed by atoms with Gasteiger partial charge in [0, 0.05) is 24.8 Å². The molecular weight excluding hydrogens is 346 g/mol. The number of para-hydroxylation sites is 1. The summed E-state index contributed by atoms with van der Waals surface area (Å²) in [5.74, 6) is 1.97. The van der Waals surface area contributed by atoms with Crippen molar-refractivity contribution >= 4 is 11.9 Å². The first-order valence-corrected chi connectivity index (χ1v) is 9.00. The smallest absolute Gasteiger partial charge is 0.305 e. The second-order valence-corrected chi connectivity index (χ2v) is 6.36. The lowest BCUT2D eigenvalue weighted by molar-refractivity contribution is -0.140. The van der Waals surface area contributed by atoms with E-state index < -0.39 is 0 Å². The van der Waals surface area contributed by atoms with Gasteiger partial charge in [0.1, 0.15) is 23.4 Å². The second-order valence-electron chi connectivity index (χ2n) is 6.36. The third kappa shape index (κ3) is 5.48. The summed E-state index contributed by atoms with van der Waals surface area (Å²) < 4.78 is 16.3. The van der Waals surface area contributed by atoms with E-state index in [1.165, 1.54) is 7.11 Å². The first-order chi connectivity index (χ1) is 13.1. The van der Waals surface area contributed by atoms with Crippen LogP contribution in [0.15, 0.2) is 48.5 Å². The van der Waals surface area contributed by atoms with Gasteiger partial charge >= 0.3 is 5.97 Å². The number of carbonyl (C=O) groups excluding carboxylic acids is 2. The molecule has 0 bridgehead atoms. The maximum absolute atomic E-state index is 11.9. The predicted molar refractivity (Wildman–Crippen MR) is 100.0 cm³/mol.